The van der Waals surface area contributed by atoms with Crippen molar-refractivity contribution >= 4 is 44.4 Å². The fourth-order valence-electron chi connectivity index (χ4n) is 0.343. The van der Waals surface area contributed by atoms with Gasteiger partial charge in [-0.2, -0.15) is 0 Å². The van der Waals surface area contributed by atoms with Crippen LogP contribution >= 0.6 is 38.4 Å². The van der Waals surface area contributed by atoms with Gasteiger partial charge in [-0.15, -0.1) is 11.7 Å². The van der Waals surface area contributed by atoms with Gasteiger partial charge in [0.15, 0.2) is 0 Å². The summed E-state index contributed by atoms with van der Waals surface area (Å²) in [6, 6.07) is 0. The molecule has 0 N–H and O–H groups in total. The number of hydrogen-bond donors (Lipinski definition) is 1. The van der Waals surface area contributed by atoms with Gasteiger partial charge in [0.2, 0.25) is 0 Å². The van der Waals surface area contributed by atoms with Crippen LogP contribution in [-0.4, -0.2) is 22.7 Å². The van der Waals surface area contributed by atoms with Crippen molar-refractivity contribution in [2.75, 3.05) is 12.4 Å². The van der Waals surface area contributed by atoms with Gasteiger partial charge >= 0.3 is 5.97 Å². The van der Waals surface area contributed by atoms with Gasteiger partial charge in [-0.3, -0.25) is 4.79 Å². The fraction of sp³-hybridized carbons (Fsp3) is 0.833. The molecule has 0 aromatic heterocycles. The van der Waals surface area contributed by atoms with Crippen LogP contribution < -0.4 is 0 Å². The number of esters is 1. The second kappa shape index (κ2) is 5.32. The van der Waals surface area contributed by atoms with Crippen molar-refractivity contribution in [2.24, 2.45) is 0 Å². The maximum Gasteiger partial charge on any atom is 0.322 e. The van der Waals surface area contributed by atoms with Crippen molar-refractivity contribution in [3.8, 4) is 0 Å². The Morgan fingerprint density at radius 1 is 1.73 bits per heavy atom. The van der Waals surface area contributed by atoms with E-state index in [-0.39, 0.29) is 5.97 Å². The van der Waals surface area contributed by atoms with Crippen LogP contribution in [0.1, 0.15) is 13.8 Å². The summed E-state index contributed by atoms with van der Waals surface area (Å²) in [7, 11) is 1.36. The summed E-state index contributed by atoms with van der Waals surface area (Å²) >= 11 is 7.10. The maximum atomic E-state index is 11.0. The molecule has 11 heavy (non-hydrogen) atoms. The Morgan fingerprint density at radius 2 is 2.27 bits per heavy atom. The Labute approximate surface area is 84.4 Å². The van der Waals surface area contributed by atoms with Crippen LogP contribution in [0.2, 0.25) is 0 Å². The molecule has 0 bridgehead atoms. The Balaban J connectivity index is 3.54. The minimum atomic E-state index is -0.575. The highest BCUT2D eigenvalue weighted by molar-refractivity contribution is 9.10. The average molecular weight is 259 g/mol. The Hall–Kier alpha value is 0.650. The quantitative estimate of drug-likeness (QED) is 0.276. The lowest BCUT2D eigenvalue weighted by atomic mass is 10.2. The molecule has 0 fully saturated rings. The normalized spacial score (nSPS) is 11.3. The van der Waals surface area contributed by atoms with Gasteiger partial charge in [0, 0.05) is 5.75 Å². The lowest BCUT2D eigenvalue weighted by molar-refractivity contribution is -0.144. The Bertz CT molecular complexity index is 133. The third-order valence-corrected chi connectivity index (χ3v) is 2.11. The predicted octanol–water partition coefficient (Wildman–Crippen LogP) is 2.28. The molecular formula is C6H11BrO2S2. The third-order valence-electron chi connectivity index (χ3n) is 0.893. The van der Waals surface area contributed by atoms with Crippen LogP contribution in [0.15, 0.2) is 0 Å². The smallest absolute Gasteiger partial charge is 0.322 e. The highest BCUT2D eigenvalue weighted by Crippen LogP contribution is 2.17. The molecule has 0 aromatic carbocycles. The molecule has 0 atom stereocenters. The number of ether oxygens (including phenoxy) is 1. The Kier molecular flexibility index (Phi) is 5.64. The van der Waals surface area contributed by atoms with E-state index in [9.17, 15) is 4.79 Å². The van der Waals surface area contributed by atoms with Crippen molar-refractivity contribution in [2.45, 2.75) is 18.2 Å². The molecule has 0 aromatic rings. The van der Waals surface area contributed by atoms with Crippen LogP contribution in [0.4, 0.5) is 0 Å². The van der Waals surface area contributed by atoms with Crippen molar-refractivity contribution in [3.05, 3.63) is 0 Å². The number of halogens is 1. The zero-order chi connectivity index (χ0) is 8.91. The minimum Gasteiger partial charge on any atom is -0.464 e. The topological polar surface area (TPSA) is 26.3 Å². The molecule has 0 saturated carbocycles. The number of carbonyl (C=O) groups is 1. The summed E-state index contributed by atoms with van der Waals surface area (Å²) in [5, 5.41) is 0. The van der Waals surface area contributed by atoms with Crippen LogP contribution in [0.3, 0.4) is 0 Å². The van der Waals surface area contributed by atoms with Gasteiger partial charge in [-0.25, -0.2) is 0 Å². The molecule has 2 nitrogen and oxygen atoms in total. The van der Waals surface area contributed by atoms with Gasteiger partial charge in [0.25, 0.3) is 0 Å². The summed E-state index contributed by atoms with van der Waals surface area (Å²) in [5.41, 5.74) is 0. The summed E-state index contributed by atoms with van der Waals surface area (Å²) in [4.78, 5) is 11.0. The molecule has 5 heteroatoms. The predicted molar refractivity (Wildman–Crippen MR) is 55.4 cm³/mol. The molecule has 0 unspecified atom stereocenters. The van der Waals surface area contributed by atoms with Crippen LogP contribution in [-0.2, 0) is 9.53 Å². The molecule has 0 rings (SSSR count). The van der Waals surface area contributed by atoms with Gasteiger partial charge in [0.05, 0.1) is 0 Å². The van der Waals surface area contributed by atoms with Crippen molar-refractivity contribution in [1.82, 2.24) is 0 Å². The zero-order valence-corrected chi connectivity index (χ0v) is 9.76. The summed E-state index contributed by atoms with van der Waals surface area (Å²) in [6.07, 6.45) is 0. The number of alkyl halides is 1. The van der Waals surface area contributed by atoms with E-state index in [1.165, 1.54) is 10.8 Å². The van der Waals surface area contributed by atoms with E-state index in [1.807, 2.05) is 0 Å². The van der Waals surface area contributed by atoms with Gasteiger partial charge in [-0.05, 0) is 13.8 Å². The molecule has 0 aliphatic carbocycles. The monoisotopic (exact) mass is 258 g/mol. The molecule has 0 heterocycles. The van der Waals surface area contributed by atoms with E-state index in [0.717, 1.165) is 5.75 Å². The first kappa shape index (κ1) is 11.6. The molecule has 0 amide bonds. The summed E-state index contributed by atoms with van der Waals surface area (Å²) in [6.45, 7) is 3.92. The van der Waals surface area contributed by atoms with Crippen LogP contribution in [0.5, 0.6) is 0 Å². The van der Waals surface area contributed by atoms with Crippen LogP contribution in [0, 0.1) is 0 Å². The molecule has 0 aliphatic rings. The minimum absolute atomic E-state index is 0.236. The molecule has 0 spiro atoms. The van der Waals surface area contributed by atoms with Crippen molar-refractivity contribution in [3.63, 3.8) is 0 Å². The van der Waals surface area contributed by atoms with Gasteiger partial charge < -0.3 is 4.74 Å². The highest BCUT2D eigenvalue weighted by Gasteiger charge is 2.24. The number of hydrogen-bond acceptors (Lipinski definition) is 4. The standard InChI is InChI=1S/C6H11BrO2S2/c1-6(2,7)5(8)9-3-4-11-10/h10H,3-4H2,1-2H3. The molecule has 66 valence electrons. The number of rotatable bonds is 4. The summed E-state index contributed by atoms with van der Waals surface area (Å²) in [5.74, 6) is 0.484. The van der Waals surface area contributed by atoms with E-state index >= 15 is 0 Å². The SMILES string of the molecule is CC(C)(Br)C(=O)OCCSS. The van der Waals surface area contributed by atoms with Crippen molar-refractivity contribution < 1.29 is 9.53 Å². The molecule has 0 saturated heterocycles. The first-order valence-corrected chi connectivity index (χ1v) is 5.94. The zero-order valence-electron chi connectivity index (χ0n) is 6.46. The van der Waals surface area contributed by atoms with E-state index in [4.69, 9.17) is 4.74 Å². The van der Waals surface area contributed by atoms with Gasteiger partial charge in [-0.1, -0.05) is 26.7 Å². The van der Waals surface area contributed by atoms with E-state index < -0.39 is 4.32 Å². The largest absolute Gasteiger partial charge is 0.464 e. The molecular weight excluding hydrogens is 248 g/mol. The first-order valence-electron chi connectivity index (χ1n) is 3.11. The third kappa shape index (κ3) is 5.87. The highest BCUT2D eigenvalue weighted by atomic mass is 79.9. The second-order valence-electron chi connectivity index (χ2n) is 2.44. The fourth-order valence-corrected chi connectivity index (χ4v) is 0.839. The van der Waals surface area contributed by atoms with E-state index in [2.05, 4.69) is 27.6 Å². The average Bonchev–Trinajstić information content (AvgIpc) is 1.86. The Morgan fingerprint density at radius 3 is 2.64 bits per heavy atom. The van der Waals surface area contributed by atoms with E-state index in [0.29, 0.717) is 6.61 Å². The van der Waals surface area contributed by atoms with Crippen molar-refractivity contribution in [1.29, 1.82) is 0 Å². The van der Waals surface area contributed by atoms with E-state index in [1.54, 1.807) is 13.8 Å². The maximum absolute atomic E-state index is 11.0. The summed E-state index contributed by atoms with van der Waals surface area (Å²) < 4.78 is 4.32. The molecule has 0 radical (unpaired) electrons. The first-order chi connectivity index (χ1) is 4.98. The second-order valence-corrected chi connectivity index (χ2v) is 5.87. The van der Waals surface area contributed by atoms with Crippen LogP contribution in [0.25, 0.3) is 0 Å². The lowest BCUT2D eigenvalue weighted by Gasteiger charge is -2.13. The molecule has 0 aliphatic heterocycles. The lowest BCUT2D eigenvalue weighted by Crippen LogP contribution is -2.27. The number of carbonyl (C=O) groups excluding carboxylic acids is 1. The number of thiol groups is 1. The van der Waals surface area contributed by atoms with Gasteiger partial charge in [0.1, 0.15) is 10.9 Å².